The summed E-state index contributed by atoms with van der Waals surface area (Å²) in [5.74, 6) is 8.70. The first-order chi connectivity index (χ1) is 6.60. The molecule has 80 valence electrons. The monoisotopic (exact) mass is 208 g/mol. The average molecular weight is 208 g/mol. The van der Waals surface area contributed by atoms with Crippen LogP contribution in [-0.4, -0.2) is 17.0 Å². The number of hydrazone groups is 2. The highest BCUT2D eigenvalue weighted by Crippen LogP contribution is 1.72. The second-order valence-corrected chi connectivity index (χ2v) is 1.64. The maximum Gasteiger partial charge on any atom is 0.531 e. The van der Waals surface area contributed by atoms with Crippen molar-refractivity contribution in [2.24, 2.45) is 33.4 Å². The molecule has 12 nitrogen and oxygen atoms in total. The zero-order valence-electron chi connectivity index (χ0n) is 6.88. The molecule has 0 amide bonds. The summed E-state index contributed by atoms with van der Waals surface area (Å²) in [5, 5.41) is 5.42. The Hall–Kier alpha value is -2.66. The lowest BCUT2D eigenvalue weighted by Crippen LogP contribution is -2.40. The molecule has 0 aliphatic rings. The van der Waals surface area contributed by atoms with E-state index in [0.29, 0.717) is 0 Å². The van der Waals surface area contributed by atoms with Crippen LogP contribution in [0.5, 0.6) is 0 Å². The lowest BCUT2D eigenvalue weighted by molar-refractivity contribution is -0.997. The minimum Gasteiger partial charge on any atom is -0.366 e. The fraction of sp³-hybridized carbons (Fsp3) is 0. The third-order valence-electron chi connectivity index (χ3n) is 0.728. The van der Waals surface area contributed by atoms with Gasteiger partial charge in [0.05, 0.1) is 0 Å². The van der Waals surface area contributed by atoms with Crippen LogP contribution in [0.3, 0.4) is 0 Å². The minimum absolute atomic E-state index is 0.338. The summed E-state index contributed by atoms with van der Waals surface area (Å²) in [6.07, 6.45) is 0. The number of hydrogen-bond donors (Lipinski definition) is 6. The standard InChI is InChI=1S/C2H10N9O3/c3-1(7-5)9-13-11(12)14-10-2(4)8-6/h5-6H2,(H3,3,7,9)(H3,4,8,10)/q+1. The van der Waals surface area contributed by atoms with Crippen molar-refractivity contribution in [1.82, 2.24) is 11.0 Å². The fourth-order valence-electron chi connectivity index (χ4n) is 0.239. The highest BCUT2D eigenvalue weighted by atomic mass is 17.1. The Labute approximate surface area is 77.2 Å². The molecule has 0 aliphatic heterocycles. The lowest BCUT2D eigenvalue weighted by atomic mass is 11.1. The van der Waals surface area contributed by atoms with E-state index >= 15 is 0 Å². The first-order valence-electron chi connectivity index (χ1n) is 3.00. The molecule has 0 bridgehead atoms. The van der Waals surface area contributed by atoms with E-state index in [1.54, 1.807) is 0 Å². The normalized spacial score (nSPS) is 11.7. The smallest absolute Gasteiger partial charge is 0.366 e. The molecule has 0 saturated heterocycles. The van der Waals surface area contributed by atoms with Crippen LogP contribution in [-0.2, 0) is 9.88 Å². The van der Waals surface area contributed by atoms with Gasteiger partial charge in [0, 0.05) is 0 Å². The molecule has 14 heavy (non-hydrogen) atoms. The number of rotatable bonds is 4. The number of guanidine groups is 2. The molecule has 12 heteroatoms. The van der Waals surface area contributed by atoms with Crippen LogP contribution in [0.4, 0.5) is 0 Å². The maximum absolute atomic E-state index is 10.5. The van der Waals surface area contributed by atoms with Crippen molar-refractivity contribution in [3.8, 4) is 0 Å². The van der Waals surface area contributed by atoms with Crippen LogP contribution in [0.1, 0.15) is 0 Å². The van der Waals surface area contributed by atoms with E-state index in [9.17, 15) is 4.91 Å². The van der Waals surface area contributed by atoms with Crippen molar-refractivity contribution in [1.29, 1.82) is 0 Å². The number of nitrogens with one attached hydrogen (secondary N) is 2. The van der Waals surface area contributed by atoms with Gasteiger partial charge in [0.25, 0.3) is 0 Å². The van der Waals surface area contributed by atoms with Crippen LogP contribution in [0.2, 0.25) is 0 Å². The molecule has 0 aliphatic carbocycles. The molecule has 10 N–H and O–H groups in total. The predicted molar refractivity (Wildman–Crippen MR) is 43.7 cm³/mol. The van der Waals surface area contributed by atoms with Gasteiger partial charge in [0.2, 0.25) is 11.9 Å². The third-order valence-corrected chi connectivity index (χ3v) is 0.728. The van der Waals surface area contributed by atoms with Gasteiger partial charge in [-0.05, 0) is 9.88 Å². The van der Waals surface area contributed by atoms with Crippen LogP contribution in [0.15, 0.2) is 10.2 Å². The van der Waals surface area contributed by atoms with Crippen molar-refractivity contribution in [2.75, 3.05) is 0 Å². The summed E-state index contributed by atoms with van der Waals surface area (Å²) in [6.45, 7) is 0. The summed E-state index contributed by atoms with van der Waals surface area (Å²) < 4.78 is 0. The van der Waals surface area contributed by atoms with Gasteiger partial charge in [-0.3, -0.25) is 0 Å². The summed E-state index contributed by atoms with van der Waals surface area (Å²) >= 11 is 0. The number of nitrogens with two attached hydrogens (primary N) is 4. The summed E-state index contributed by atoms with van der Waals surface area (Å²) in [7, 11) is 0. The van der Waals surface area contributed by atoms with Gasteiger partial charge in [0.1, 0.15) is 4.91 Å². The molecule has 0 atom stereocenters. The molecule has 0 aromatic carbocycles. The largest absolute Gasteiger partial charge is 0.531 e. The Bertz CT molecular complexity index is 222. The highest BCUT2D eigenvalue weighted by molar-refractivity contribution is 5.76. The van der Waals surface area contributed by atoms with E-state index in [4.69, 9.17) is 11.5 Å². The van der Waals surface area contributed by atoms with Gasteiger partial charge in [0.15, 0.2) is 0 Å². The molecule has 0 unspecified atom stereocenters. The zero-order valence-corrected chi connectivity index (χ0v) is 6.88. The quantitative estimate of drug-likeness (QED) is 0.116. The molecular formula is C2H10N9O3+. The molecule has 0 rings (SSSR count). The fourth-order valence-corrected chi connectivity index (χ4v) is 0.239. The number of nitrogens with zero attached hydrogens (tertiary/aromatic N) is 3. The highest BCUT2D eigenvalue weighted by Gasteiger charge is 2.14. The molecule has 0 heterocycles. The van der Waals surface area contributed by atoms with Crippen molar-refractivity contribution < 1.29 is 15.0 Å². The molecule has 0 aromatic rings. The van der Waals surface area contributed by atoms with Crippen molar-refractivity contribution >= 4 is 11.9 Å². The number of hydroxylamine groups is 2. The Kier molecular flexibility index (Phi) is 4.80. The van der Waals surface area contributed by atoms with E-state index in [1.165, 1.54) is 0 Å². The Morgan fingerprint density at radius 2 is 1.43 bits per heavy atom. The number of hydrogen-bond acceptors (Lipinski definition) is 7. The predicted octanol–water partition coefficient (Wildman–Crippen LogP) is -3.99. The van der Waals surface area contributed by atoms with Crippen molar-refractivity contribution in [3.05, 3.63) is 4.91 Å². The Balaban J connectivity index is 3.67. The lowest BCUT2D eigenvalue weighted by Gasteiger charge is -1.95. The SMILES string of the molecule is NN=C(N)NO[N+](=O)ONC(N)=NN. The third kappa shape index (κ3) is 5.05. The van der Waals surface area contributed by atoms with Crippen LogP contribution >= 0.6 is 0 Å². The minimum atomic E-state index is -0.421. The van der Waals surface area contributed by atoms with E-state index in [-0.39, 0.29) is 11.9 Å². The first-order valence-corrected chi connectivity index (χ1v) is 3.00. The van der Waals surface area contributed by atoms with Gasteiger partial charge in [-0.15, -0.1) is 21.2 Å². The first kappa shape index (κ1) is 11.3. The maximum atomic E-state index is 10.5. The van der Waals surface area contributed by atoms with Crippen LogP contribution in [0, 0.1) is 4.91 Å². The Morgan fingerprint density at radius 3 is 1.71 bits per heavy atom. The van der Waals surface area contributed by atoms with Crippen molar-refractivity contribution in [2.45, 2.75) is 0 Å². The Morgan fingerprint density at radius 1 is 1.07 bits per heavy atom. The molecule has 0 aromatic heterocycles. The topological polar surface area (TPSA) is 191 Å². The average Bonchev–Trinajstić information content (AvgIpc) is 2.22. The van der Waals surface area contributed by atoms with Crippen molar-refractivity contribution in [3.63, 3.8) is 0 Å². The summed E-state index contributed by atoms with van der Waals surface area (Å²) in [4.78, 5) is 18.6. The van der Waals surface area contributed by atoms with E-state index in [1.807, 2.05) is 11.0 Å². The van der Waals surface area contributed by atoms with Crippen LogP contribution < -0.4 is 34.1 Å². The van der Waals surface area contributed by atoms with E-state index in [2.05, 4.69) is 31.8 Å². The molecule has 0 spiro atoms. The molecule has 0 fully saturated rings. The summed E-state index contributed by atoms with van der Waals surface area (Å²) in [6, 6.07) is 0. The van der Waals surface area contributed by atoms with Gasteiger partial charge < -0.3 is 23.2 Å². The van der Waals surface area contributed by atoms with E-state index < -0.39 is 5.09 Å². The second-order valence-electron chi connectivity index (χ2n) is 1.64. The molecular weight excluding hydrogens is 198 g/mol. The molecule has 0 saturated carbocycles. The van der Waals surface area contributed by atoms with E-state index in [0.717, 1.165) is 0 Å². The van der Waals surface area contributed by atoms with Gasteiger partial charge >= 0.3 is 5.09 Å². The van der Waals surface area contributed by atoms with Gasteiger partial charge in [-0.1, -0.05) is 0 Å². The second kappa shape index (κ2) is 5.92. The summed E-state index contributed by atoms with van der Waals surface area (Å²) in [5.41, 5.74) is 13.6. The van der Waals surface area contributed by atoms with Gasteiger partial charge in [-0.25, -0.2) is 0 Å². The molecule has 0 radical (unpaired) electrons. The van der Waals surface area contributed by atoms with Gasteiger partial charge in [-0.2, -0.15) is 0 Å². The zero-order chi connectivity index (χ0) is 11.0. The van der Waals surface area contributed by atoms with Crippen LogP contribution in [0.25, 0.3) is 0 Å².